The van der Waals surface area contributed by atoms with Gasteiger partial charge >= 0.3 is 5.69 Å². The number of nitrogens with zero attached hydrogens (tertiary/aromatic N) is 3. The number of hydrogen-bond donors (Lipinski definition) is 2. The lowest BCUT2D eigenvalue weighted by molar-refractivity contribution is -0.125. The van der Waals surface area contributed by atoms with Crippen molar-refractivity contribution in [3.8, 4) is 0 Å². The van der Waals surface area contributed by atoms with E-state index in [0.29, 0.717) is 5.56 Å². The Bertz CT molecular complexity index is 1010. The van der Waals surface area contributed by atoms with E-state index in [2.05, 4.69) is 16.0 Å². The van der Waals surface area contributed by atoms with Crippen molar-refractivity contribution < 1.29 is 14.0 Å². The largest absolute Gasteiger partial charge is 0.346 e. The van der Waals surface area contributed by atoms with Crippen molar-refractivity contribution in [2.75, 3.05) is 5.75 Å². The van der Waals surface area contributed by atoms with Gasteiger partial charge in [0.1, 0.15) is 5.82 Å². The highest BCUT2D eigenvalue weighted by Gasteiger charge is 2.11. The molecule has 9 nitrogen and oxygen atoms in total. The maximum absolute atomic E-state index is 13.0. The molecule has 1 aromatic heterocycles. The molecule has 0 atom stereocenters. The van der Waals surface area contributed by atoms with Crippen molar-refractivity contribution in [1.29, 1.82) is 0 Å². The first kappa shape index (κ1) is 20.1. The minimum Gasteiger partial charge on any atom is -0.272 e. The van der Waals surface area contributed by atoms with Gasteiger partial charge in [-0.1, -0.05) is 23.9 Å². The molecule has 2 rings (SSSR count). The van der Waals surface area contributed by atoms with E-state index in [9.17, 15) is 23.6 Å². The topological polar surface area (TPSA) is 115 Å². The predicted octanol–water partition coefficient (Wildman–Crippen LogP) is -0.429. The predicted molar refractivity (Wildman–Crippen MR) is 97.2 cm³/mol. The number of halogens is 1. The van der Waals surface area contributed by atoms with Crippen LogP contribution in [-0.4, -0.2) is 31.9 Å². The molecule has 0 fully saturated rings. The average Bonchev–Trinajstić information content (AvgIpc) is 2.64. The van der Waals surface area contributed by atoms with Gasteiger partial charge in [-0.15, -0.1) is 0 Å². The molecular formula is C16H16FN5O4S. The molecule has 0 aliphatic carbocycles. The van der Waals surface area contributed by atoms with Crippen LogP contribution >= 0.6 is 11.8 Å². The van der Waals surface area contributed by atoms with E-state index in [4.69, 9.17) is 0 Å². The molecule has 27 heavy (non-hydrogen) atoms. The van der Waals surface area contributed by atoms with Gasteiger partial charge < -0.3 is 0 Å². The molecule has 0 bridgehead atoms. The number of carbonyl (C=O) groups is 2. The van der Waals surface area contributed by atoms with E-state index in [1.165, 1.54) is 38.4 Å². The third kappa shape index (κ3) is 5.64. The number of hydrazine groups is 1. The van der Waals surface area contributed by atoms with Crippen LogP contribution in [0.5, 0.6) is 0 Å². The molecule has 2 N–H and O–H groups in total. The second-order valence-corrected chi connectivity index (χ2v) is 6.25. The lowest BCUT2D eigenvalue weighted by Crippen LogP contribution is -2.42. The normalized spacial score (nSPS) is 10.8. The summed E-state index contributed by atoms with van der Waals surface area (Å²) in [5, 5.41) is 3.77. The number of benzene rings is 1. The number of hydrogen-bond acceptors (Lipinski definition) is 6. The van der Waals surface area contributed by atoms with E-state index in [-0.39, 0.29) is 10.8 Å². The van der Waals surface area contributed by atoms with Crippen LogP contribution in [0.25, 0.3) is 6.08 Å². The molecule has 142 valence electrons. The molecule has 2 aromatic rings. The van der Waals surface area contributed by atoms with E-state index >= 15 is 0 Å². The summed E-state index contributed by atoms with van der Waals surface area (Å²) in [4.78, 5) is 46.8. The Morgan fingerprint density at radius 1 is 1.26 bits per heavy atom. The molecule has 11 heteroatoms. The zero-order valence-corrected chi connectivity index (χ0v) is 15.2. The quantitative estimate of drug-likeness (QED) is 0.405. The van der Waals surface area contributed by atoms with Crippen LogP contribution in [0, 0.1) is 5.82 Å². The lowest BCUT2D eigenvalue weighted by Gasteiger charge is -2.06. The van der Waals surface area contributed by atoms with Crippen LogP contribution in [0.15, 0.2) is 45.0 Å². The van der Waals surface area contributed by atoms with Gasteiger partial charge in [-0.25, -0.2) is 13.9 Å². The average molecular weight is 393 g/mol. The molecular weight excluding hydrogens is 377 g/mol. The van der Waals surface area contributed by atoms with Crippen LogP contribution in [0.1, 0.15) is 5.56 Å². The Balaban J connectivity index is 1.85. The number of aromatic nitrogens is 3. The molecule has 0 unspecified atom stereocenters. The lowest BCUT2D eigenvalue weighted by atomic mass is 10.2. The second-order valence-electron chi connectivity index (χ2n) is 5.29. The molecule has 0 aliphatic rings. The Hall–Kier alpha value is -3.21. The van der Waals surface area contributed by atoms with E-state index < -0.39 is 28.9 Å². The summed E-state index contributed by atoms with van der Waals surface area (Å²) in [6.07, 6.45) is 2.52. The summed E-state index contributed by atoms with van der Waals surface area (Å²) < 4.78 is 14.9. The highest BCUT2D eigenvalue weighted by molar-refractivity contribution is 7.99. The van der Waals surface area contributed by atoms with Gasteiger partial charge in [-0.3, -0.25) is 29.8 Å². The van der Waals surface area contributed by atoms with Crippen molar-refractivity contribution in [1.82, 2.24) is 25.2 Å². The first-order chi connectivity index (χ1) is 12.8. The maximum atomic E-state index is 13.0. The Labute approximate surface area is 156 Å². The van der Waals surface area contributed by atoms with E-state index in [1.807, 2.05) is 0 Å². The fourth-order valence-electron chi connectivity index (χ4n) is 1.88. The van der Waals surface area contributed by atoms with Crippen LogP contribution in [-0.2, 0) is 23.7 Å². The number of carbonyl (C=O) groups excluding carboxylic acids is 2. The summed E-state index contributed by atoms with van der Waals surface area (Å²) in [7, 11) is 2.69. The molecule has 0 saturated carbocycles. The van der Waals surface area contributed by atoms with Gasteiger partial charge in [0.15, 0.2) is 5.03 Å². The van der Waals surface area contributed by atoms with Gasteiger partial charge in [0.25, 0.3) is 11.5 Å². The monoisotopic (exact) mass is 393 g/mol. The number of rotatable bonds is 5. The number of nitrogens with one attached hydrogen (secondary N) is 2. The van der Waals surface area contributed by atoms with Crippen molar-refractivity contribution in [3.63, 3.8) is 0 Å². The molecule has 1 heterocycles. The maximum Gasteiger partial charge on any atom is 0.346 e. The third-order valence-corrected chi connectivity index (χ3v) is 4.17. The van der Waals surface area contributed by atoms with Gasteiger partial charge in [0.05, 0.1) is 5.75 Å². The molecule has 2 amide bonds. The zero-order chi connectivity index (χ0) is 20.0. The zero-order valence-electron chi connectivity index (χ0n) is 14.4. The Kier molecular flexibility index (Phi) is 6.66. The Morgan fingerprint density at radius 2 is 2.00 bits per heavy atom. The Morgan fingerprint density at radius 3 is 2.70 bits per heavy atom. The summed E-state index contributed by atoms with van der Waals surface area (Å²) in [6, 6.07) is 5.65. The van der Waals surface area contributed by atoms with Gasteiger partial charge in [-0.2, -0.15) is 5.10 Å². The van der Waals surface area contributed by atoms with Crippen LogP contribution in [0.2, 0.25) is 0 Å². The van der Waals surface area contributed by atoms with Crippen molar-refractivity contribution in [2.24, 2.45) is 14.1 Å². The molecule has 0 aliphatic heterocycles. The van der Waals surface area contributed by atoms with Gasteiger partial charge in [-0.05, 0) is 23.8 Å². The van der Waals surface area contributed by atoms with Crippen molar-refractivity contribution in [2.45, 2.75) is 5.03 Å². The van der Waals surface area contributed by atoms with E-state index in [0.717, 1.165) is 27.1 Å². The molecule has 0 radical (unpaired) electrons. The van der Waals surface area contributed by atoms with E-state index in [1.54, 1.807) is 6.07 Å². The number of thioether (sulfide) groups is 1. The number of aryl methyl sites for hydroxylation is 1. The van der Waals surface area contributed by atoms with Crippen LogP contribution in [0.3, 0.4) is 0 Å². The highest BCUT2D eigenvalue weighted by Crippen LogP contribution is 2.08. The van der Waals surface area contributed by atoms with Gasteiger partial charge in [0.2, 0.25) is 5.91 Å². The smallest absolute Gasteiger partial charge is 0.272 e. The van der Waals surface area contributed by atoms with Crippen LogP contribution < -0.4 is 22.1 Å². The fourth-order valence-corrected chi connectivity index (χ4v) is 2.67. The van der Waals surface area contributed by atoms with Crippen LogP contribution in [0.4, 0.5) is 4.39 Å². The van der Waals surface area contributed by atoms with Crippen molar-refractivity contribution >= 4 is 29.7 Å². The van der Waals surface area contributed by atoms with Gasteiger partial charge in [0, 0.05) is 20.2 Å². The minimum atomic E-state index is -0.617. The fraction of sp³-hybridized carbons (Fsp3) is 0.188. The summed E-state index contributed by atoms with van der Waals surface area (Å²) in [5.41, 5.74) is 3.63. The standard InChI is InChI=1S/C16H16FN5O4S/c1-21-15(25)14(20-22(2)16(21)26)27-9-13(24)19-18-12(23)7-6-10-4-3-5-11(17)8-10/h3-8H,9H2,1-2H3,(H,18,23)(H,19,24)/b7-6+. The van der Waals surface area contributed by atoms with Crippen molar-refractivity contribution in [3.05, 3.63) is 62.6 Å². The molecule has 0 spiro atoms. The number of amides is 2. The highest BCUT2D eigenvalue weighted by atomic mass is 32.2. The SMILES string of the molecule is Cn1nc(SCC(=O)NNC(=O)/C=C/c2cccc(F)c2)c(=O)n(C)c1=O. The minimum absolute atomic E-state index is 0.0212. The summed E-state index contributed by atoms with van der Waals surface area (Å²) in [6.45, 7) is 0. The third-order valence-electron chi connectivity index (χ3n) is 3.23. The summed E-state index contributed by atoms with van der Waals surface area (Å²) >= 11 is 0.828. The second kappa shape index (κ2) is 8.94. The first-order valence-corrected chi connectivity index (χ1v) is 8.56. The summed E-state index contributed by atoms with van der Waals surface area (Å²) in [5.74, 6) is -1.83. The molecule has 1 aromatic carbocycles. The molecule has 0 saturated heterocycles. The first-order valence-electron chi connectivity index (χ1n) is 7.57.